The van der Waals surface area contributed by atoms with Crippen LogP contribution in [0.15, 0.2) is 18.5 Å². The minimum atomic E-state index is -0.362. The highest BCUT2D eigenvalue weighted by Crippen LogP contribution is 2.40. The number of aromatic nitrogens is 1. The molecule has 1 aliphatic rings. The minimum Gasteiger partial charge on any atom is -0.388 e. The van der Waals surface area contributed by atoms with Crippen molar-refractivity contribution in [2.75, 3.05) is 0 Å². The van der Waals surface area contributed by atoms with Crippen molar-refractivity contribution < 1.29 is 9.90 Å². The second kappa shape index (κ2) is 5.78. The van der Waals surface area contributed by atoms with E-state index in [9.17, 15) is 9.90 Å². The molecular formula is C15H24N2O2. The molecular weight excluding hydrogens is 240 g/mol. The van der Waals surface area contributed by atoms with Crippen LogP contribution < -0.4 is 5.32 Å². The van der Waals surface area contributed by atoms with Gasteiger partial charge in [-0.1, -0.05) is 13.8 Å². The van der Waals surface area contributed by atoms with Crippen LogP contribution in [-0.2, 0) is 11.3 Å². The van der Waals surface area contributed by atoms with Crippen molar-refractivity contribution in [1.82, 2.24) is 9.88 Å². The number of nitrogens with zero attached hydrogens (tertiary/aromatic N) is 1. The van der Waals surface area contributed by atoms with E-state index in [0.717, 1.165) is 18.4 Å². The molecule has 4 heteroatoms. The normalized spacial score (nSPS) is 18.4. The summed E-state index contributed by atoms with van der Waals surface area (Å²) in [5.74, 6) is 0.871. The van der Waals surface area contributed by atoms with E-state index in [0.29, 0.717) is 18.4 Å². The molecule has 2 rings (SSSR count). The molecule has 4 nitrogen and oxygen atoms in total. The molecule has 0 aliphatic heterocycles. The zero-order valence-electron chi connectivity index (χ0n) is 12.0. The molecule has 0 aromatic carbocycles. The molecule has 2 atom stereocenters. The zero-order chi connectivity index (χ0) is 14.0. The van der Waals surface area contributed by atoms with Gasteiger partial charge in [-0.15, -0.1) is 0 Å². The van der Waals surface area contributed by atoms with Gasteiger partial charge in [-0.3, -0.25) is 4.79 Å². The Labute approximate surface area is 114 Å². The third-order valence-electron chi connectivity index (χ3n) is 3.90. The molecule has 0 bridgehead atoms. The fourth-order valence-electron chi connectivity index (χ4n) is 2.05. The number of nitrogens with one attached hydrogen (secondary N) is 1. The molecule has 1 aromatic heterocycles. The van der Waals surface area contributed by atoms with E-state index in [-0.39, 0.29) is 18.1 Å². The van der Waals surface area contributed by atoms with Crippen LogP contribution in [0.5, 0.6) is 0 Å². The van der Waals surface area contributed by atoms with Crippen LogP contribution >= 0.6 is 0 Å². The van der Waals surface area contributed by atoms with Crippen LogP contribution in [0.1, 0.15) is 45.3 Å². The monoisotopic (exact) mass is 264 g/mol. The highest BCUT2D eigenvalue weighted by Gasteiger charge is 2.31. The van der Waals surface area contributed by atoms with Crippen molar-refractivity contribution in [3.05, 3.63) is 24.0 Å². The Morgan fingerprint density at radius 3 is 2.74 bits per heavy atom. The van der Waals surface area contributed by atoms with Crippen LogP contribution in [0.4, 0.5) is 0 Å². The summed E-state index contributed by atoms with van der Waals surface area (Å²) < 4.78 is 1.84. The van der Waals surface area contributed by atoms with Crippen LogP contribution in [-0.4, -0.2) is 21.6 Å². The average molecular weight is 264 g/mol. The summed E-state index contributed by atoms with van der Waals surface area (Å²) in [6.45, 7) is 6.50. The highest BCUT2D eigenvalue weighted by molar-refractivity contribution is 5.76. The molecule has 1 aromatic rings. The third-order valence-corrected chi connectivity index (χ3v) is 3.90. The fourth-order valence-corrected chi connectivity index (χ4v) is 2.05. The lowest BCUT2D eigenvalue weighted by atomic mass is 10.1. The summed E-state index contributed by atoms with van der Waals surface area (Å²) in [6, 6.07) is 2.09. The average Bonchev–Trinajstić information content (AvgIpc) is 3.09. The first-order chi connectivity index (χ1) is 8.97. The van der Waals surface area contributed by atoms with Crippen LogP contribution in [0.25, 0.3) is 0 Å². The van der Waals surface area contributed by atoms with E-state index in [1.807, 2.05) is 30.0 Å². The number of aliphatic hydroxyl groups excluding tert-OH is 1. The molecule has 106 valence electrons. The number of aliphatic hydroxyl groups is 1. The summed E-state index contributed by atoms with van der Waals surface area (Å²) in [5.41, 5.74) is 0.923. The molecule has 0 radical (unpaired) electrons. The van der Waals surface area contributed by atoms with E-state index in [1.54, 1.807) is 0 Å². The van der Waals surface area contributed by atoms with E-state index in [2.05, 4.69) is 19.2 Å². The molecule has 1 aliphatic carbocycles. The Kier molecular flexibility index (Phi) is 4.30. The van der Waals surface area contributed by atoms with Crippen LogP contribution in [0.2, 0.25) is 0 Å². The van der Waals surface area contributed by atoms with E-state index in [1.165, 1.54) is 0 Å². The van der Waals surface area contributed by atoms with Gasteiger partial charge < -0.3 is 15.0 Å². The van der Waals surface area contributed by atoms with Gasteiger partial charge in [-0.2, -0.15) is 0 Å². The van der Waals surface area contributed by atoms with E-state index < -0.39 is 0 Å². The van der Waals surface area contributed by atoms with Gasteiger partial charge in [0.25, 0.3) is 0 Å². The maximum Gasteiger partial charge on any atom is 0.240 e. The number of carbonyl (C=O) groups is 1. The molecule has 1 heterocycles. The number of amides is 1. The summed E-state index contributed by atoms with van der Waals surface area (Å²) >= 11 is 0. The molecule has 2 N–H and O–H groups in total. The van der Waals surface area contributed by atoms with Crippen molar-refractivity contribution in [3.8, 4) is 0 Å². The van der Waals surface area contributed by atoms with Crippen molar-refractivity contribution in [1.29, 1.82) is 0 Å². The Morgan fingerprint density at radius 1 is 1.47 bits per heavy atom. The predicted octanol–water partition coefficient (Wildman–Crippen LogP) is 2.09. The van der Waals surface area contributed by atoms with Gasteiger partial charge in [-0.05, 0) is 43.2 Å². The second-order valence-corrected chi connectivity index (χ2v) is 6.00. The van der Waals surface area contributed by atoms with E-state index in [4.69, 9.17) is 0 Å². The maximum atomic E-state index is 11.9. The lowest BCUT2D eigenvalue weighted by Gasteiger charge is -2.17. The Morgan fingerprint density at radius 2 is 2.16 bits per heavy atom. The zero-order valence-corrected chi connectivity index (χ0v) is 12.0. The SMILES string of the molecule is CC(C)C(C)NC(=O)Cn1ccc(C(O)C2CC2)c1. The standard InChI is InChI=1S/C15H24N2O2/c1-10(2)11(3)16-14(18)9-17-7-6-13(8-17)15(19)12-4-5-12/h6-8,10-12,15,19H,4-5,9H2,1-3H3,(H,16,18). The molecule has 1 saturated carbocycles. The molecule has 1 amide bonds. The topological polar surface area (TPSA) is 54.3 Å². The summed E-state index contributed by atoms with van der Waals surface area (Å²) in [7, 11) is 0. The Bertz CT molecular complexity index is 435. The van der Waals surface area contributed by atoms with Gasteiger partial charge >= 0.3 is 0 Å². The first kappa shape index (κ1) is 14.1. The fraction of sp³-hybridized carbons (Fsp3) is 0.667. The number of hydrogen-bond acceptors (Lipinski definition) is 2. The molecule has 2 unspecified atom stereocenters. The second-order valence-electron chi connectivity index (χ2n) is 6.00. The lowest BCUT2D eigenvalue weighted by molar-refractivity contribution is -0.122. The Hall–Kier alpha value is -1.29. The summed E-state index contributed by atoms with van der Waals surface area (Å²) in [6.07, 6.45) is 5.60. The molecule has 19 heavy (non-hydrogen) atoms. The minimum absolute atomic E-state index is 0.0178. The molecule has 0 spiro atoms. The van der Waals surface area contributed by atoms with Crippen molar-refractivity contribution in [3.63, 3.8) is 0 Å². The Balaban J connectivity index is 1.87. The molecule has 0 saturated heterocycles. The lowest BCUT2D eigenvalue weighted by Crippen LogP contribution is -2.37. The van der Waals surface area contributed by atoms with Gasteiger partial charge in [0.15, 0.2) is 0 Å². The quantitative estimate of drug-likeness (QED) is 0.826. The highest BCUT2D eigenvalue weighted by atomic mass is 16.3. The first-order valence-electron chi connectivity index (χ1n) is 7.10. The van der Waals surface area contributed by atoms with Gasteiger partial charge in [0.1, 0.15) is 6.54 Å². The largest absolute Gasteiger partial charge is 0.388 e. The summed E-state index contributed by atoms with van der Waals surface area (Å²) in [5, 5.41) is 13.0. The van der Waals surface area contributed by atoms with Gasteiger partial charge in [0.05, 0.1) is 6.10 Å². The van der Waals surface area contributed by atoms with Gasteiger partial charge in [-0.25, -0.2) is 0 Å². The van der Waals surface area contributed by atoms with Gasteiger partial charge in [0, 0.05) is 18.4 Å². The van der Waals surface area contributed by atoms with Crippen molar-refractivity contribution >= 4 is 5.91 Å². The third kappa shape index (κ3) is 3.83. The smallest absolute Gasteiger partial charge is 0.240 e. The van der Waals surface area contributed by atoms with Crippen molar-refractivity contribution in [2.24, 2.45) is 11.8 Å². The van der Waals surface area contributed by atoms with Crippen LogP contribution in [0.3, 0.4) is 0 Å². The predicted molar refractivity (Wildman–Crippen MR) is 74.6 cm³/mol. The van der Waals surface area contributed by atoms with E-state index >= 15 is 0 Å². The number of rotatable bonds is 6. The maximum absolute atomic E-state index is 11.9. The number of carbonyl (C=O) groups excluding carboxylic acids is 1. The first-order valence-corrected chi connectivity index (χ1v) is 7.10. The number of hydrogen-bond donors (Lipinski definition) is 2. The molecule has 1 fully saturated rings. The van der Waals surface area contributed by atoms with Gasteiger partial charge in [0.2, 0.25) is 5.91 Å². The van der Waals surface area contributed by atoms with Crippen molar-refractivity contribution in [2.45, 2.75) is 52.3 Å². The van der Waals surface area contributed by atoms with Crippen LogP contribution in [0, 0.1) is 11.8 Å². The summed E-state index contributed by atoms with van der Waals surface area (Å²) in [4.78, 5) is 11.9.